The quantitative estimate of drug-likeness (QED) is 0.672. The van der Waals surface area contributed by atoms with Gasteiger partial charge in [0.1, 0.15) is 0 Å². The van der Waals surface area contributed by atoms with Crippen molar-refractivity contribution in [2.75, 3.05) is 47.1 Å². The van der Waals surface area contributed by atoms with Crippen LogP contribution in [0.1, 0.15) is 46.5 Å². The fraction of sp³-hybridized carbons (Fsp3) is 1.00. The average Bonchev–Trinajstić information content (AvgIpc) is 2.45. The van der Waals surface area contributed by atoms with E-state index < -0.39 is 0 Å². The molecule has 0 aromatic rings. The molecular weight excluding hydrogens is 264 g/mol. The summed E-state index contributed by atoms with van der Waals surface area (Å²) in [5.41, 5.74) is 0.358. The zero-order valence-electron chi connectivity index (χ0n) is 14.8. The maximum atomic E-state index is 5.31. The van der Waals surface area contributed by atoms with Gasteiger partial charge < -0.3 is 14.8 Å². The van der Waals surface area contributed by atoms with Crippen molar-refractivity contribution >= 4 is 0 Å². The van der Waals surface area contributed by atoms with E-state index in [1.807, 2.05) is 0 Å². The number of nitrogens with one attached hydrogen (secondary N) is 1. The van der Waals surface area contributed by atoms with Crippen LogP contribution in [-0.2, 0) is 9.47 Å². The van der Waals surface area contributed by atoms with Gasteiger partial charge in [-0.05, 0) is 31.2 Å². The lowest BCUT2D eigenvalue weighted by Gasteiger charge is -2.49. The van der Waals surface area contributed by atoms with E-state index >= 15 is 0 Å². The van der Waals surface area contributed by atoms with Crippen molar-refractivity contribution in [1.82, 2.24) is 10.2 Å². The predicted molar refractivity (Wildman–Crippen MR) is 88.8 cm³/mol. The Bertz CT molecular complexity index is 264. The molecular formula is C17H36N2O2. The summed E-state index contributed by atoms with van der Waals surface area (Å²) >= 11 is 0. The molecule has 0 spiro atoms. The van der Waals surface area contributed by atoms with Gasteiger partial charge in [0.05, 0.1) is 13.2 Å². The van der Waals surface area contributed by atoms with Gasteiger partial charge in [-0.3, -0.25) is 4.90 Å². The van der Waals surface area contributed by atoms with E-state index in [1.54, 1.807) is 14.2 Å². The summed E-state index contributed by atoms with van der Waals surface area (Å²) in [7, 11) is 3.57. The topological polar surface area (TPSA) is 33.7 Å². The first kappa shape index (κ1) is 18.9. The average molecular weight is 300 g/mol. The van der Waals surface area contributed by atoms with Gasteiger partial charge in [-0.15, -0.1) is 0 Å². The van der Waals surface area contributed by atoms with Crippen molar-refractivity contribution in [3.63, 3.8) is 0 Å². The Morgan fingerprint density at radius 1 is 1.14 bits per heavy atom. The van der Waals surface area contributed by atoms with Crippen LogP contribution >= 0.6 is 0 Å². The Hall–Kier alpha value is -0.160. The number of rotatable bonds is 10. The molecule has 1 aliphatic carbocycles. The molecule has 4 heteroatoms. The lowest BCUT2D eigenvalue weighted by atomic mass is 9.70. The minimum absolute atomic E-state index is 0.358. The highest BCUT2D eigenvalue weighted by Gasteiger charge is 2.40. The zero-order valence-corrected chi connectivity index (χ0v) is 14.8. The van der Waals surface area contributed by atoms with Crippen LogP contribution in [0.4, 0.5) is 0 Å². The van der Waals surface area contributed by atoms with Crippen molar-refractivity contribution in [3.8, 4) is 0 Å². The lowest BCUT2D eigenvalue weighted by Crippen LogP contribution is -2.59. The van der Waals surface area contributed by atoms with Crippen LogP contribution in [-0.4, -0.2) is 64.1 Å². The van der Waals surface area contributed by atoms with E-state index in [0.717, 1.165) is 32.8 Å². The van der Waals surface area contributed by atoms with Crippen LogP contribution in [0.2, 0.25) is 0 Å². The van der Waals surface area contributed by atoms with Crippen molar-refractivity contribution in [2.24, 2.45) is 5.41 Å². The first-order chi connectivity index (χ1) is 10.1. The van der Waals surface area contributed by atoms with Crippen LogP contribution in [0.5, 0.6) is 0 Å². The lowest BCUT2D eigenvalue weighted by molar-refractivity contribution is 0.0199. The van der Waals surface area contributed by atoms with E-state index in [1.165, 1.54) is 25.7 Å². The number of methoxy groups -OCH3 is 2. The van der Waals surface area contributed by atoms with Crippen LogP contribution in [0, 0.1) is 5.41 Å². The van der Waals surface area contributed by atoms with Gasteiger partial charge >= 0.3 is 0 Å². The molecule has 1 aliphatic rings. The van der Waals surface area contributed by atoms with Crippen LogP contribution in [0.3, 0.4) is 0 Å². The monoisotopic (exact) mass is 300 g/mol. The number of hydrogen-bond acceptors (Lipinski definition) is 4. The third kappa shape index (κ3) is 5.85. The highest BCUT2D eigenvalue weighted by atomic mass is 16.5. The highest BCUT2D eigenvalue weighted by molar-refractivity contribution is 4.98. The first-order valence-electron chi connectivity index (χ1n) is 8.52. The number of ether oxygens (including phenoxy) is 2. The molecule has 1 rings (SSSR count). The molecule has 126 valence electrons. The molecule has 1 saturated carbocycles. The van der Waals surface area contributed by atoms with E-state index in [9.17, 15) is 0 Å². The van der Waals surface area contributed by atoms with Gasteiger partial charge in [0.2, 0.25) is 0 Å². The molecule has 1 fully saturated rings. The minimum atomic E-state index is 0.358. The summed E-state index contributed by atoms with van der Waals surface area (Å²) < 4.78 is 10.6. The maximum absolute atomic E-state index is 5.31. The van der Waals surface area contributed by atoms with Crippen LogP contribution in [0.25, 0.3) is 0 Å². The highest BCUT2D eigenvalue weighted by Crippen LogP contribution is 2.37. The van der Waals surface area contributed by atoms with E-state index in [2.05, 4.69) is 31.0 Å². The van der Waals surface area contributed by atoms with Crippen molar-refractivity contribution in [3.05, 3.63) is 0 Å². The van der Waals surface area contributed by atoms with Gasteiger partial charge in [-0.25, -0.2) is 0 Å². The van der Waals surface area contributed by atoms with Crippen molar-refractivity contribution in [2.45, 2.75) is 58.5 Å². The largest absolute Gasteiger partial charge is 0.383 e. The van der Waals surface area contributed by atoms with Crippen molar-refractivity contribution < 1.29 is 9.47 Å². The Morgan fingerprint density at radius 2 is 1.76 bits per heavy atom. The summed E-state index contributed by atoms with van der Waals surface area (Å²) in [5, 5.41) is 3.82. The molecule has 2 unspecified atom stereocenters. The van der Waals surface area contributed by atoms with Gasteiger partial charge in [-0.2, -0.15) is 0 Å². The molecule has 0 saturated heterocycles. The van der Waals surface area contributed by atoms with E-state index in [-0.39, 0.29) is 0 Å². The smallest absolute Gasteiger partial charge is 0.0589 e. The Morgan fingerprint density at radius 3 is 2.29 bits per heavy atom. The second-order valence-corrected chi connectivity index (χ2v) is 6.90. The normalized spacial score (nSPS) is 25.4. The molecule has 0 bridgehead atoms. The first-order valence-corrected chi connectivity index (χ1v) is 8.52. The summed E-state index contributed by atoms with van der Waals surface area (Å²) in [6, 6.07) is 1.14. The molecule has 1 N–H and O–H groups in total. The molecule has 0 amide bonds. The van der Waals surface area contributed by atoms with Crippen LogP contribution in [0.15, 0.2) is 0 Å². The van der Waals surface area contributed by atoms with Gasteiger partial charge in [0, 0.05) is 39.4 Å². The van der Waals surface area contributed by atoms with Crippen molar-refractivity contribution in [1.29, 1.82) is 0 Å². The number of hydrogen-bond donors (Lipinski definition) is 1. The predicted octanol–water partition coefficient (Wildman–Crippen LogP) is 2.53. The maximum Gasteiger partial charge on any atom is 0.0589 e. The molecule has 0 aliphatic heterocycles. The Balaban J connectivity index is 2.78. The van der Waals surface area contributed by atoms with Gasteiger partial charge in [0.25, 0.3) is 0 Å². The zero-order chi connectivity index (χ0) is 15.7. The Kier molecular flexibility index (Phi) is 8.79. The third-order valence-corrected chi connectivity index (χ3v) is 4.80. The van der Waals surface area contributed by atoms with E-state index in [4.69, 9.17) is 9.47 Å². The Labute approximate surface area is 131 Å². The standard InChI is InChI=1S/C17H36N2O2/c1-6-10-18-16-15(8-7-9-17(16,2)3)19(11-13-20-4)12-14-21-5/h15-16,18H,6-14H2,1-5H3. The summed E-state index contributed by atoms with van der Waals surface area (Å²) in [6.07, 6.45) is 5.10. The SMILES string of the molecule is CCCNC1C(N(CCOC)CCOC)CCCC1(C)C. The molecule has 0 radical (unpaired) electrons. The summed E-state index contributed by atoms with van der Waals surface area (Å²) in [6.45, 7) is 11.7. The molecule has 2 atom stereocenters. The second-order valence-electron chi connectivity index (χ2n) is 6.90. The van der Waals surface area contributed by atoms with Gasteiger partial charge in [0.15, 0.2) is 0 Å². The minimum Gasteiger partial charge on any atom is -0.383 e. The molecule has 0 heterocycles. The van der Waals surface area contributed by atoms with Gasteiger partial charge in [-0.1, -0.05) is 27.2 Å². The molecule has 21 heavy (non-hydrogen) atoms. The molecule has 0 aromatic carbocycles. The molecule has 0 aromatic heterocycles. The third-order valence-electron chi connectivity index (χ3n) is 4.80. The second kappa shape index (κ2) is 9.78. The molecule has 4 nitrogen and oxygen atoms in total. The summed E-state index contributed by atoms with van der Waals surface area (Å²) in [5.74, 6) is 0. The van der Waals surface area contributed by atoms with E-state index in [0.29, 0.717) is 17.5 Å². The summed E-state index contributed by atoms with van der Waals surface area (Å²) in [4.78, 5) is 2.57. The number of nitrogens with zero attached hydrogens (tertiary/aromatic N) is 1. The fourth-order valence-electron chi connectivity index (χ4n) is 3.58. The van der Waals surface area contributed by atoms with Crippen LogP contribution < -0.4 is 5.32 Å². The fourth-order valence-corrected chi connectivity index (χ4v) is 3.58.